The van der Waals surface area contributed by atoms with E-state index in [1.165, 1.54) is 0 Å². The summed E-state index contributed by atoms with van der Waals surface area (Å²) in [6, 6.07) is 0. The lowest BCUT2D eigenvalue weighted by Crippen LogP contribution is -2.63. The molecule has 0 aromatic heterocycles. The third-order valence-corrected chi connectivity index (χ3v) is 5.36. The van der Waals surface area contributed by atoms with Crippen LogP contribution in [-0.2, 0) is 29.2 Å². The number of rotatable bonds is 10. The second kappa shape index (κ2) is 10.1. The first kappa shape index (κ1) is 29.0. The number of likely N-dealkylation sites (tertiary alicyclic amines) is 1. The number of esters is 1. The molecule has 1 atom stereocenters. The molecule has 1 fully saturated rings. The number of ether oxygens (including phenoxy) is 2. The Bertz CT molecular complexity index is 855. The molecular formula is C16H18F8NO7S-. The van der Waals surface area contributed by atoms with Crippen molar-refractivity contribution in [3.63, 3.8) is 0 Å². The molecule has 0 saturated carbocycles. The zero-order chi connectivity index (χ0) is 25.9. The number of hydrogen-bond acceptors (Lipinski definition) is 7. The second-order valence-corrected chi connectivity index (χ2v) is 8.31. The molecule has 0 N–H and O–H groups in total. The number of alkyl halides is 7. The number of hydrogen-bond donors (Lipinski definition) is 0. The van der Waals surface area contributed by atoms with Crippen molar-refractivity contribution in [2.45, 2.75) is 55.2 Å². The smallest absolute Gasteiger partial charge is 0.466 e. The largest absolute Gasteiger partial charge is 0.743 e. The highest BCUT2D eigenvalue weighted by Crippen LogP contribution is 2.42. The van der Waals surface area contributed by atoms with Gasteiger partial charge in [0, 0.05) is 19.5 Å². The summed E-state index contributed by atoms with van der Waals surface area (Å²) in [5.74, 6) is -16.5. The molecule has 1 aliphatic rings. The molecule has 1 amide bonds. The Hall–Kier alpha value is -2.01. The molecule has 1 aliphatic heterocycles. The fraction of sp³-hybridized carbons (Fsp3) is 0.750. The van der Waals surface area contributed by atoms with Crippen LogP contribution in [-0.4, -0.2) is 72.6 Å². The van der Waals surface area contributed by atoms with E-state index < -0.39 is 70.4 Å². The highest BCUT2D eigenvalue weighted by atomic mass is 32.2. The van der Waals surface area contributed by atoms with E-state index in [-0.39, 0.29) is 25.9 Å². The van der Waals surface area contributed by atoms with Crippen molar-refractivity contribution >= 4 is 22.0 Å². The summed E-state index contributed by atoms with van der Waals surface area (Å²) in [5, 5.41) is -6.09. The number of amides is 1. The van der Waals surface area contributed by atoms with E-state index in [0.29, 0.717) is 11.3 Å². The van der Waals surface area contributed by atoms with Crippen molar-refractivity contribution in [3.05, 3.63) is 12.4 Å². The molecule has 0 aromatic rings. The minimum Gasteiger partial charge on any atom is -0.743 e. The van der Waals surface area contributed by atoms with Crippen LogP contribution in [0, 0.1) is 0 Å². The van der Waals surface area contributed by atoms with Crippen LogP contribution < -0.4 is 0 Å². The minimum absolute atomic E-state index is 0.244. The van der Waals surface area contributed by atoms with E-state index >= 15 is 0 Å². The van der Waals surface area contributed by atoms with Gasteiger partial charge >= 0.3 is 35.0 Å². The van der Waals surface area contributed by atoms with E-state index in [0.717, 1.165) is 0 Å². The Morgan fingerprint density at radius 2 is 1.52 bits per heavy atom. The van der Waals surface area contributed by atoms with Crippen LogP contribution >= 0.6 is 0 Å². The Morgan fingerprint density at radius 3 is 1.94 bits per heavy atom. The van der Waals surface area contributed by atoms with Crippen LogP contribution in [0.1, 0.15) is 32.1 Å². The molecule has 33 heavy (non-hydrogen) atoms. The first-order valence-electron chi connectivity index (χ1n) is 9.09. The first-order chi connectivity index (χ1) is 14.8. The molecule has 1 rings (SSSR count). The zero-order valence-corrected chi connectivity index (χ0v) is 17.4. The lowest BCUT2D eigenvalue weighted by atomic mass is 10.1. The first-order valence-corrected chi connectivity index (χ1v) is 10.5. The number of piperidine rings is 1. The van der Waals surface area contributed by atoms with Crippen molar-refractivity contribution < 1.29 is 67.2 Å². The van der Waals surface area contributed by atoms with Crippen LogP contribution in [0.4, 0.5) is 35.1 Å². The molecule has 1 saturated heterocycles. The Morgan fingerprint density at radius 1 is 1.00 bits per heavy atom. The summed E-state index contributed by atoms with van der Waals surface area (Å²) in [4.78, 5) is 24.6. The van der Waals surface area contributed by atoms with Crippen LogP contribution in [0.25, 0.3) is 0 Å². The van der Waals surface area contributed by atoms with Gasteiger partial charge < -0.3 is 18.9 Å². The minimum atomic E-state index is -6.84. The molecule has 17 heteroatoms. The molecule has 1 heterocycles. The number of nitrogens with zero attached hydrogens (tertiary/aromatic N) is 1. The summed E-state index contributed by atoms with van der Waals surface area (Å²) < 4.78 is 147. The molecular weight excluding hydrogens is 502 g/mol. The number of carbonyl (C=O) groups is 2. The maximum absolute atomic E-state index is 13.8. The van der Waals surface area contributed by atoms with Crippen LogP contribution in [0.15, 0.2) is 12.4 Å². The normalized spacial score (nSPS) is 17.9. The van der Waals surface area contributed by atoms with E-state index in [9.17, 15) is 57.7 Å². The van der Waals surface area contributed by atoms with Gasteiger partial charge in [0.05, 0.1) is 6.61 Å². The van der Waals surface area contributed by atoms with Gasteiger partial charge in [-0.2, -0.15) is 35.1 Å². The molecule has 1 unspecified atom stereocenters. The quantitative estimate of drug-likeness (QED) is 0.109. The summed E-state index contributed by atoms with van der Waals surface area (Å²) in [6.07, 6.45) is -8.49. The molecule has 0 aromatic carbocycles. The van der Waals surface area contributed by atoms with Crippen molar-refractivity contribution in [1.82, 2.24) is 4.90 Å². The van der Waals surface area contributed by atoms with E-state index in [4.69, 9.17) is 0 Å². The lowest BCUT2D eigenvalue weighted by Gasteiger charge is -2.38. The predicted octanol–water partition coefficient (Wildman–Crippen LogP) is 2.85. The average Bonchev–Trinajstić information content (AvgIpc) is 2.68. The topological polar surface area (TPSA) is 113 Å². The fourth-order valence-electron chi connectivity index (χ4n) is 2.73. The molecule has 192 valence electrons. The summed E-state index contributed by atoms with van der Waals surface area (Å²) in [7, 11) is -6.84. The van der Waals surface area contributed by atoms with Gasteiger partial charge in [-0.3, -0.25) is 4.79 Å². The van der Waals surface area contributed by atoms with Gasteiger partial charge in [0.2, 0.25) is 5.83 Å². The summed E-state index contributed by atoms with van der Waals surface area (Å²) >= 11 is 0. The highest BCUT2D eigenvalue weighted by Gasteiger charge is 2.68. The molecule has 0 spiro atoms. The molecule has 0 aliphatic carbocycles. The predicted molar refractivity (Wildman–Crippen MR) is 90.3 cm³/mol. The monoisotopic (exact) mass is 520 g/mol. The van der Waals surface area contributed by atoms with E-state index in [1.54, 1.807) is 0 Å². The third-order valence-electron chi connectivity index (χ3n) is 4.44. The van der Waals surface area contributed by atoms with Crippen molar-refractivity contribution in [2.75, 3.05) is 19.7 Å². The van der Waals surface area contributed by atoms with Gasteiger partial charge in [-0.15, -0.1) is 0 Å². The fourth-order valence-corrected chi connectivity index (χ4v) is 3.19. The van der Waals surface area contributed by atoms with Gasteiger partial charge in [0.1, 0.15) is 0 Å². The van der Waals surface area contributed by atoms with Crippen molar-refractivity contribution in [1.29, 1.82) is 0 Å². The summed E-state index contributed by atoms with van der Waals surface area (Å²) in [5.41, 5.74) is 0. The maximum atomic E-state index is 13.8. The standard InChI is InChI=1S/C16H19F8NO7S/c1-10(17)11(26)32-14(15(20,21)22,12(27)25-7-3-2-4-8-25)31-9-5-6-13(18,19)16(23,24)33(28,29)30/h1-9H2,(H,28,29,30)/p-1. The number of carbonyl (C=O) groups excluding carboxylic acids is 2. The lowest BCUT2D eigenvalue weighted by molar-refractivity contribution is -0.351. The van der Waals surface area contributed by atoms with Crippen molar-refractivity contribution in [2.24, 2.45) is 0 Å². The van der Waals surface area contributed by atoms with Gasteiger partial charge in [-0.05, 0) is 25.7 Å². The van der Waals surface area contributed by atoms with Gasteiger partial charge in [-0.1, -0.05) is 6.58 Å². The average molecular weight is 520 g/mol. The summed E-state index contributed by atoms with van der Waals surface area (Å²) in [6.45, 7) is 0.298. The Labute approximate surface area is 182 Å². The molecule has 0 bridgehead atoms. The van der Waals surface area contributed by atoms with E-state index in [2.05, 4.69) is 16.1 Å². The van der Waals surface area contributed by atoms with Crippen LogP contribution in [0.2, 0.25) is 0 Å². The van der Waals surface area contributed by atoms with Crippen LogP contribution in [0.5, 0.6) is 0 Å². The van der Waals surface area contributed by atoms with Gasteiger partial charge in [0.15, 0.2) is 10.1 Å². The van der Waals surface area contributed by atoms with Crippen LogP contribution in [0.3, 0.4) is 0 Å². The highest BCUT2D eigenvalue weighted by molar-refractivity contribution is 7.86. The Balaban J connectivity index is 3.17. The van der Waals surface area contributed by atoms with Gasteiger partial charge in [-0.25, -0.2) is 13.2 Å². The van der Waals surface area contributed by atoms with Crippen molar-refractivity contribution in [3.8, 4) is 0 Å². The zero-order valence-electron chi connectivity index (χ0n) is 16.6. The Kier molecular flexibility index (Phi) is 8.87. The third kappa shape index (κ3) is 6.32. The van der Waals surface area contributed by atoms with E-state index in [1.807, 2.05) is 0 Å². The number of halogens is 8. The molecule has 8 nitrogen and oxygen atoms in total. The SMILES string of the molecule is C=C(F)C(=O)OC(OCCCC(F)(F)C(F)(F)S(=O)(=O)[O-])(C(=O)N1CCCCC1)C(F)(F)F. The van der Waals surface area contributed by atoms with Gasteiger partial charge in [0.25, 0.3) is 0 Å². The maximum Gasteiger partial charge on any atom is 0.466 e. The second-order valence-electron chi connectivity index (χ2n) is 6.89. The molecule has 0 radical (unpaired) electrons.